The Kier molecular flexibility index (Phi) is 4.53. The van der Waals surface area contributed by atoms with Gasteiger partial charge in [-0.05, 0) is 59.4 Å². The highest BCUT2D eigenvalue weighted by Crippen LogP contribution is 2.32. The molecular weight excluding hydrogens is 266 g/mol. The number of nitrogens with zero attached hydrogens (tertiary/aromatic N) is 1. The lowest BCUT2D eigenvalue weighted by molar-refractivity contribution is 0.810. The molecule has 0 N–H and O–H groups in total. The number of unbranched alkanes of at least 4 members (excludes halogenated alkanes) is 1. The number of fused-ring (bicyclic) bond motifs is 1. The molecule has 1 aliphatic rings. The molecule has 0 spiro atoms. The summed E-state index contributed by atoms with van der Waals surface area (Å²) in [6.07, 6.45) is 9.91. The van der Waals surface area contributed by atoms with Gasteiger partial charge in [0.25, 0.3) is 0 Å². The van der Waals surface area contributed by atoms with E-state index in [4.69, 9.17) is 0 Å². The van der Waals surface area contributed by atoms with Crippen molar-refractivity contribution in [2.45, 2.75) is 33.1 Å². The second-order valence-electron chi connectivity index (χ2n) is 5.94. The van der Waals surface area contributed by atoms with Gasteiger partial charge in [0, 0.05) is 18.3 Å². The summed E-state index contributed by atoms with van der Waals surface area (Å²) in [5.74, 6) is 0. The molecule has 2 aromatic rings. The predicted octanol–water partition coefficient (Wildman–Crippen LogP) is 5.79. The van der Waals surface area contributed by atoms with Gasteiger partial charge >= 0.3 is 0 Å². The van der Waals surface area contributed by atoms with Crippen molar-refractivity contribution < 1.29 is 0 Å². The molecule has 2 aromatic carbocycles. The summed E-state index contributed by atoms with van der Waals surface area (Å²) in [6.45, 7) is 5.32. The maximum Gasteiger partial charge on any atom is 0.0389 e. The SMILES string of the molecule is CCCCN=Cc1cc2ccccc2cc1C1=C(C)C=CC1. The zero-order valence-electron chi connectivity index (χ0n) is 13.5. The first-order valence-corrected chi connectivity index (χ1v) is 8.19. The summed E-state index contributed by atoms with van der Waals surface area (Å²) in [4.78, 5) is 4.63. The molecule has 0 fully saturated rings. The van der Waals surface area contributed by atoms with Crippen LogP contribution in [0, 0.1) is 0 Å². The molecule has 0 saturated heterocycles. The highest BCUT2D eigenvalue weighted by Gasteiger charge is 2.12. The van der Waals surface area contributed by atoms with Crippen LogP contribution in [0.2, 0.25) is 0 Å². The molecule has 0 aliphatic heterocycles. The zero-order chi connectivity index (χ0) is 15.4. The van der Waals surface area contributed by atoms with Crippen LogP contribution in [0.25, 0.3) is 16.3 Å². The Hall–Kier alpha value is -2.15. The lowest BCUT2D eigenvalue weighted by Gasteiger charge is -2.11. The fourth-order valence-corrected chi connectivity index (χ4v) is 2.98. The molecule has 1 nitrogen and oxygen atoms in total. The largest absolute Gasteiger partial charge is 0.293 e. The van der Waals surface area contributed by atoms with Crippen molar-refractivity contribution in [2.75, 3.05) is 6.54 Å². The van der Waals surface area contributed by atoms with Crippen molar-refractivity contribution in [1.82, 2.24) is 0 Å². The maximum atomic E-state index is 4.63. The summed E-state index contributed by atoms with van der Waals surface area (Å²) >= 11 is 0. The topological polar surface area (TPSA) is 12.4 Å². The Morgan fingerprint density at radius 3 is 2.59 bits per heavy atom. The van der Waals surface area contributed by atoms with E-state index in [1.165, 1.54) is 39.5 Å². The second-order valence-corrected chi connectivity index (χ2v) is 5.94. The number of hydrogen-bond acceptors (Lipinski definition) is 1. The molecule has 1 aliphatic carbocycles. The van der Waals surface area contributed by atoms with E-state index >= 15 is 0 Å². The van der Waals surface area contributed by atoms with Gasteiger partial charge < -0.3 is 0 Å². The van der Waals surface area contributed by atoms with Gasteiger partial charge in [0.1, 0.15) is 0 Å². The van der Waals surface area contributed by atoms with Crippen LogP contribution < -0.4 is 0 Å². The van der Waals surface area contributed by atoms with Crippen molar-refractivity contribution in [3.05, 3.63) is 65.3 Å². The summed E-state index contributed by atoms with van der Waals surface area (Å²) in [5, 5.41) is 2.59. The molecule has 112 valence electrons. The van der Waals surface area contributed by atoms with E-state index in [0.29, 0.717) is 0 Å². The van der Waals surface area contributed by atoms with E-state index in [9.17, 15) is 0 Å². The molecule has 0 saturated carbocycles. The molecular formula is C21H23N. The third-order valence-corrected chi connectivity index (χ3v) is 4.28. The van der Waals surface area contributed by atoms with Crippen LogP contribution in [-0.4, -0.2) is 12.8 Å². The van der Waals surface area contributed by atoms with Gasteiger partial charge in [0.2, 0.25) is 0 Å². The summed E-state index contributed by atoms with van der Waals surface area (Å²) in [7, 11) is 0. The molecule has 0 bridgehead atoms. The Morgan fingerprint density at radius 1 is 1.14 bits per heavy atom. The third kappa shape index (κ3) is 3.04. The predicted molar refractivity (Wildman–Crippen MR) is 97.7 cm³/mol. The molecule has 0 atom stereocenters. The van der Waals surface area contributed by atoms with Crippen LogP contribution in [0.4, 0.5) is 0 Å². The Balaban J connectivity index is 2.07. The van der Waals surface area contributed by atoms with Crippen molar-refractivity contribution in [3.63, 3.8) is 0 Å². The normalized spacial score (nSPS) is 14.6. The minimum Gasteiger partial charge on any atom is -0.293 e. The van der Waals surface area contributed by atoms with Crippen LogP contribution in [-0.2, 0) is 0 Å². The highest BCUT2D eigenvalue weighted by molar-refractivity contribution is 5.98. The van der Waals surface area contributed by atoms with Crippen LogP contribution in [0.5, 0.6) is 0 Å². The molecule has 1 heteroatoms. The van der Waals surface area contributed by atoms with Gasteiger partial charge in [0.05, 0.1) is 0 Å². The first kappa shape index (κ1) is 14.8. The minimum absolute atomic E-state index is 0.916. The number of allylic oxidation sites excluding steroid dienone is 4. The van der Waals surface area contributed by atoms with Gasteiger partial charge in [-0.2, -0.15) is 0 Å². The first-order valence-electron chi connectivity index (χ1n) is 8.19. The van der Waals surface area contributed by atoms with E-state index in [1.807, 2.05) is 0 Å². The zero-order valence-corrected chi connectivity index (χ0v) is 13.5. The van der Waals surface area contributed by atoms with Gasteiger partial charge in [0.15, 0.2) is 0 Å². The standard InChI is InChI=1S/C21H23N/c1-3-4-12-22-15-19-13-17-9-5-6-10-18(17)14-21(19)20-11-7-8-16(20)2/h5-10,13-15H,3-4,11-12H2,1-2H3. The lowest BCUT2D eigenvalue weighted by atomic mass is 9.93. The van der Waals surface area contributed by atoms with E-state index in [0.717, 1.165) is 19.4 Å². The molecule has 0 unspecified atom stereocenters. The first-order chi connectivity index (χ1) is 10.8. The quantitative estimate of drug-likeness (QED) is 0.488. The Morgan fingerprint density at radius 2 is 1.91 bits per heavy atom. The number of rotatable bonds is 5. The van der Waals surface area contributed by atoms with Crippen LogP contribution >= 0.6 is 0 Å². The average Bonchev–Trinajstić information content (AvgIpc) is 2.96. The summed E-state index contributed by atoms with van der Waals surface area (Å²) < 4.78 is 0. The Bertz CT molecular complexity index is 763. The van der Waals surface area contributed by atoms with Crippen LogP contribution in [0.15, 0.2) is 59.1 Å². The smallest absolute Gasteiger partial charge is 0.0389 e. The van der Waals surface area contributed by atoms with Crippen LogP contribution in [0.1, 0.15) is 44.2 Å². The minimum atomic E-state index is 0.916. The fourth-order valence-electron chi connectivity index (χ4n) is 2.98. The van der Waals surface area contributed by atoms with E-state index in [1.54, 1.807) is 0 Å². The van der Waals surface area contributed by atoms with Crippen molar-refractivity contribution in [2.24, 2.45) is 4.99 Å². The molecule has 3 rings (SSSR count). The molecule has 0 radical (unpaired) electrons. The molecule has 0 heterocycles. The van der Waals surface area contributed by atoms with E-state index in [2.05, 4.69) is 73.6 Å². The van der Waals surface area contributed by atoms with Crippen LogP contribution in [0.3, 0.4) is 0 Å². The number of benzene rings is 2. The monoisotopic (exact) mass is 289 g/mol. The van der Waals surface area contributed by atoms with Crippen molar-refractivity contribution >= 4 is 22.6 Å². The van der Waals surface area contributed by atoms with E-state index < -0.39 is 0 Å². The third-order valence-electron chi connectivity index (χ3n) is 4.28. The van der Waals surface area contributed by atoms with E-state index in [-0.39, 0.29) is 0 Å². The van der Waals surface area contributed by atoms with Gasteiger partial charge in [-0.3, -0.25) is 4.99 Å². The Labute approximate surface area is 133 Å². The van der Waals surface area contributed by atoms with Gasteiger partial charge in [-0.1, -0.05) is 49.8 Å². The summed E-state index contributed by atoms with van der Waals surface area (Å²) in [5.41, 5.74) is 5.38. The summed E-state index contributed by atoms with van der Waals surface area (Å²) in [6, 6.07) is 13.2. The molecule has 0 amide bonds. The number of hydrogen-bond donors (Lipinski definition) is 0. The van der Waals surface area contributed by atoms with Gasteiger partial charge in [-0.15, -0.1) is 0 Å². The fraction of sp³-hybridized carbons (Fsp3) is 0.286. The highest BCUT2D eigenvalue weighted by atomic mass is 14.7. The van der Waals surface area contributed by atoms with Crippen molar-refractivity contribution in [3.8, 4) is 0 Å². The average molecular weight is 289 g/mol. The second kappa shape index (κ2) is 6.74. The van der Waals surface area contributed by atoms with Crippen molar-refractivity contribution in [1.29, 1.82) is 0 Å². The lowest BCUT2D eigenvalue weighted by Crippen LogP contribution is -1.95. The molecule has 22 heavy (non-hydrogen) atoms. The number of aliphatic imine (C=N–C) groups is 1. The molecule has 0 aromatic heterocycles. The maximum absolute atomic E-state index is 4.63. The van der Waals surface area contributed by atoms with Gasteiger partial charge in [-0.25, -0.2) is 0 Å².